The predicted octanol–water partition coefficient (Wildman–Crippen LogP) is 2.78. The first kappa shape index (κ1) is 9.99. The molecule has 0 saturated carbocycles. The molecule has 0 aromatic heterocycles. The van der Waals surface area contributed by atoms with Crippen LogP contribution in [-0.2, 0) is 0 Å². The fourth-order valence-corrected chi connectivity index (χ4v) is 1.09. The molecule has 0 bridgehead atoms. The van der Waals surface area contributed by atoms with Crippen molar-refractivity contribution in [2.75, 3.05) is 7.11 Å². The van der Waals surface area contributed by atoms with Crippen molar-refractivity contribution in [1.82, 2.24) is 0 Å². The van der Waals surface area contributed by atoms with E-state index >= 15 is 0 Å². The zero-order valence-electron chi connectivity index (χ0n) is 7.70. The highest BCUT2D eigenvalue weighted by atomic mass is 32.1. The maximum absolute atomic E-state index is 5.26. The standard InChI is InChI=1S/C10H12O2S/c1-7-6-9(11-3)4-5-10(7)12-8(2)13/h4-6,13H,2H2,1,3H3. The first-order valence-electron chi connectivity index (χ1n) is 3.84. The molecule has 0 spiro atoms. The van der Waals surface area contributed by atoms with E-state index in [1.165, 1.54) is 0 Å². The van der Waals surface area contributed by atoms with E-state index in [0.29, 0.717) is 5.09 Å². The number of benzene rings is 1. The summed E-state index contributed by atoms with van der Waals surface area (Å²) in [5.41, 5.74) is 0.995. The number of methoxy groups -OCH3 is 1. The van der Waals surface area contributed by atoms with Crippen molar-refractivity contribution < 1.29 is 9.47 Å². The van der Waals surface area contributed by atoms with Crippen LogP contribution in [0.3, 0.4) is 0 Å². The molecule has 1 aromatic carbocycles. The Hall–Kier alpha value is -1.09. The fourth-order valence-electron chi connectivity index (χ4n) is 0.990. The summed E-state index contributed by atoms with van der Waals surface area (Å²) in [5, 5.41) is 0.383. The lowest BCUT2D eigenvalue weighted by Crippen LogP contribution is -1.91. The van der Waals surface area contributed by atoms with E-state index < -0.39 is 0 Å². The van der Waals surface area contributed by atoms with Gasteiger partial charge in [0.2, 0.25) is 0 Å². The van der Waals surface area contributed by atoms with Gasteiger partial charge in [-0.15, -0.1) is 12.6 Å². The number of rotatable bonds is 3. The summed E-state index contributed by atoms with van der Waals surface area (Å²) in [6, 6.07) is 5.56. The Bertz CT molecular complexity index is 321. The highest BCUT2D eigenvalue weighted by Gasteiger charge is 2.01. The zero-order chi connectivity index (χ0) is 9.84. The van der Waals surface area contributed by atoms with Crippen LogP contribution < -0.4 is 9.47 Å². The molecule has 0 fully saturated rings. The summed E-state index contributed by atoms with van der Waals surface area (Å²) < 4.78 is 10.3. The van der Waals surface area contributed by atoms with E-state index in [9.17, 15) is 0 Å². The molecule has 2 nitrogen and oxygen atoms in total. The van der Waals surface area contributed by atoms with Crippen molar-refractivity contribution in [2.45, 2.75) is 6.92 Å². The lowest BCUT2D eigenvalue weighted by molar-refractivity contribution is 0.411. The van der Waals surface area contributed by atoms with Gasteiger partial charge < -0.3 is 9.47 Å². The maximum Gasteiger partial charge on any atom is 0.150 e. The SMILES string of the molecule is C=C(S)Oc1ccc(OC)cc1C. The quantitative estimate of drug-likeness (QED) is 0.592. The molecule has 0 unspecified atom stereocenters. The number of hydrogen-bond acceptors (Lipinski definition) is 3. The first-order valence-corrected chi connectivity index (χ1v) is 4.28. The summed E-state index contributed by atoms with van der Waals surface area (Å²) in [6.45, 7) is 5.48. The first-order chi connectivity index (χ1) is 6.13. The summed E-state index contributed by atoms with van der Waals surface area (Å²) >= 11 is 3.96. The molecule has 70 valence electrons. The van der Waals surface area contributed by atoms with Gasteiger partial charge in [-0.1, -0.05) is 0 Å². The lowest BCUT2D eigenvalue weighted by atomic mass is 10.2. The summed E-state index contributed by atoms with van der Waals surface area (Å²) in [4.78, 5) is 0. The molecule has 3 heteroatoms. The van der Waals surface area contributed by atoms with Gasteiger partial charge in [0.15, 0.2) is 5.09 Å². The molecule has 0 heterocycles. The number of aryl methyl sites for hydroxylation is 1. The minimum atomic E-state index is 0.383. The average Bonchev–Trinajstić information content (AvgIpc) is 2.08. The Morgan fingerprint density at radius 3 is 2.62 bits per heavy atom. The topological polar surface area (TPSA) is 18.5 Å². The molecule has 0 aliphatic heterocycles. The van der Waals surface area contributed by atoms with Crippen LogP contribution in [0.4, 0.5) is 0 Å². The fraction of sp³-hybridized carbons (Fsp3) is 0.200. The Balaban J connectivity index is 2.91. The van der Waals surface area contributed by atoms with Crippen molar-refractivity contribution in [1.29, 1.82) is 0 Å². The van der Waals surface area contributed by atoms with Crippen LogP contribution in [0.2, 0.25) is 0 Å². The van der Waals surface area contributed by atoms with Crippen molar-refractivity contribution in [3.63, 3.8) is 0 Å². The minimum absolute atomic E-state index is 0.383. The number of ether oxygens (including phenoxy) is 2. The summed E-state index contributed by atoms with van der Waals surface area (Å²) in [7, 11) is 1.63. The van der Waals surface area contributed by atoms with Crippen molar-refractivity contribution >= 4 is 12.6 Å². The minimum Gasteiger partial charge on any atom is -0.497 e. The molecule has 0 aliphatic rings. The maximum atomic E-state index is 5.26. The molecule has 1 aromatic rings. The van der Waals surface area contributed by atoms with E-state index in [1.54, 1.807) is 7.11 Å². The van der Waals surface area contributed by atoms with Gasteiger partial charge in [-0.25, -0.2) is 0 Å². The van der Waals surface area contributed by atoms with Gasteiger partial charge in [0.1, 0.15) is 11.5 Å². The van der Waals surface area contributed by atoms with Gasteiger partial charge in [0.25, 0.3) is 0 Å². The highest BCUT2D eigenvalue weighted by Crippen LogP contribution is 2.24. The summed E-state index contributed by atoms with van der Waals surface area (Å²) in [6.07, 6.45) is 0. The van der Waals surface area contributed by atoms with Gasteiger partial charge >= 0.3 is 0 Å². The van der Waals surface area contributed by atoms with Crippen LogP contribution in [0.25, 0.3) is 0 Å². The Labute approximate surface area is 83.6 Å². The lowest BCUT2D eigenvalue weighted by Gasteiger charge is -2.08. The Morgan fingerprint density at radius 2 is 2.15 bits per heavy atom. The monoisotopic (exact) mass is 196 g/mol. The molecule has 0 atom stereocenters. The van der Waals surface area contributed by atoms with E-state index in [-0.39, 0.29) is 0 Å². The highest BCUT2D eigenvalue weighted by molar-refractivity contribution is 7.84. The van der Waals surface area contributed by atoms with E-state index in [4.69, 9.17) is 9.47 Å². The zero-order valence-corrected chi connectivity index (χ0v) is 8.60. The van der Waals surface area contributed by atoms with Crippen LogP contribution in [0.5, 0.6) is 11.5 Å². The molecule has 0 N–H and O–H groups in total. The van der Waals surface area contributed by atoms with Crippen molar-refractivity contribution in [3.05, 3.63) is 35.4 Å². The van der Waals surface area contributed by atoms with E-state index in [0.717, 1.165) is 17.1 Å². The third-order valence-corrected chi connectivity index (χ3v) is 1.70. The van der Waals surface area contributed by atoms with Crippen LogP contribution in [0.15, 0.2) is 29.9 Å². The van der Waals surface area contributed by atoms with E-state index in [2.05, 4.69) is 19.2 Å². The predicted molar refractivity (Wildman–Crippen MR) is 56.5 cm³/mol. The van der Waals surface area contributed by atoms with E-state index in [1.807, 2.05) is 25.1 Å². The van der Waals surface area contributed by atoms with Gasteiger partial charge in [-0.2, -0.15) is 0 Å². The van der Waals surface area contributed by atoms with Crippen LogP contribution >= 0.6 is 12.6 Å². The molecule has 1 rings (SSSR count). The molecule has 0 saturated heterocycles. The van der Waals surface area contributed by atoms with Gasteiger partial charge in [0.05, 0.1) is 7.11 Å². The van der Waals surface area contributed by atoms with Crippen LogP contribution in [0, 0.1) is 6.92 Å². The van der Waals surface area contributed by atoms with Crippen LogP contribution in [-0.4, -0.2) is 7.11 Å². The Kier molecular flexibility index (Phi) is 3.25. The number of hydrogen-bond donors (Lipinski definition) is 1. The van der Waals surface area contributed by atoms with Crippen LogP contribution in [0.1, 0.15) is 5.56 Å². The average molecular weight is 196 g/mol. The molecular weight excluding hydrogens is 184 g/mol. The third kappa shape index (κ3) is 2.70. The molecular formula is C10H12O2S. The Morgan fingerprint density at radius 1 is 1.46 bits per heavy atom. The third-order valence-electron chi connectivity index (χ3n) is 1.61. The second kappa shape index (κ2) is 4.23. The smallest absolute Gasteiger partial charge is 0.150 e. The van der Waals surface area contributed by atoms with Crippen molar-refractivity contribution in [3.8, 4) is 11.5 Å². The molecule has 0 radical (unpaired) electrons. The largest absolute Gasteiger partial charge is 0.497 e. The second-order valence-corrected chi connectivity index (χ2v) is 3.13. The molecule has 13 heavy (non-hydrogen) atoms. The second-order valence-electron chi connectivity index (χ2n) is 2.63. The summed E-state index contributed by atoms with van der Waals surface area (Å²) in [5.74, 6) is 1.57. The van der Waals surface area contributed by atoms with Gasteiger partial charge in [-0.3, -0.25) is 0 Å². The molecule has 0 aliphatic carbocycles. The van der Waals surface area contributed by atoms with Gasteiger partial charge in [0, 0.05) is 0 Å². The van der Waals surface area contributed by atoms with Gasteiger partial charge in [-0.05, 0) is 37.3 Å². The van der Waals surface area contributed by atoms with Crippen molar-refractivity contribution in [2.24, 2.45) is 0 Å². The molecule has 0 amide bonds. The normalized spacial score (nSPS) is 9.46. The number of thiol groups is 1.